The van der Waals surface area contributed by atoms with Gasteiger partial charge in [-0.1, -0.05) is 12.1 Å². The highest BCUT2D eigenvalue weighted by Crippen LogP contribution is 2.20. The van der Waals surface area contributed by atoms with Crippen molar-refractivity contribution in [1.82, 2.24) is 4.90 Å². The van der Waals surface area contributed by atoms with Crippen LogP contribution in [0.3, 0.4) is 0 Å². The average Bonchev–Trinajstić information content (AvgIpc) is 2.29. The van der Waals surface area contributed by atoms with Crippen molar-refractivity contribution in [3.05, 3.63) is 35.4 Å². The number of aliphatic hydroxyl groups is 1. The highest BCUT2D eigenvalue weighted by molar-refractivity contribution is 5.22. The van der Waals surface area contributed by atoms with E-state index in [1.165, 1.54) is 12.1 Å². The van der Waals surface area contributed by atoms with Crippen molar-refractivity contribution in [3.8, 4) is 0 Å². The van der Waals surface area contributed by atoms with Crippen molar-refractivity contribution in [2.45, 2.75) is 25.5 Å². The van der Waals surface area contributed by atoms with Crippen LogP contribution < -0.4 is 5.73 Å². The van der Waals surface area contributed by atoms with Crippen LogP contribution in [0.15, 0.2) is 18.2 Å². The quantitative estimate of drug-likeness (QED) is 0.816. The van der Waals surface area contributed by atoms with E-state index in [4.69, 9.17) is 5.73 Å². The molecule has 0 saturated carbocycles. The first-order chi connectivity index (χ1) is 8.41. The lowest BCUT2D eigenvalue weighted by molar-refractivity contribution is 0.139. The molecule has 0 saturated heterocycles. The lowest BCUT2D eigenvalue weighted by atomic mass is 10.0. The van der Waals surface area contributed by atoms with Crippen LogP contribution in [0.25, 0.3) is 0 Å². The van der Waals surface area contributed by atoms with Crippen molar-refractivity contribution in [3.63, 3.8) is 0 Å². The molecular weight excluding hydrogens is 238 g/mol. The summed E-state index contributed by atoms with van der Waals surface area (Å²) < 4.78 is 26.5. The summed E-state index contributed by atoms with van der Waals surface area (Å²) in [5.74, 6) is -1.75. The first-order valence-corrected chi connectivity index (χ1v) is 5.98. The van der Waals surface area contributed by atoms with Crippen molar-refractivity contribution < 1.29 is 13.9 Å². The van der Waals surface area contributed by atoms with Gasteiger partial charge in [-0.25, -0.2) is 8.78 Å². The molecule has 0 aliphatic carbocycles. The van der Waals surface area contributed by atoms with Gasteiger partial charge in [-0.3, -0.25) is 0 Å². The Hall–Kier alpha value is -1.04. The molecule has 0 heterocycles. The van der Waals surface area contributed by atoms with E-state index >= 15 is 0 Å². The summed E-state index contributed by atoms with van der Waals surface area (Å²) in [7, 11) is 1.85. The lowest BCUT2D eigenvalue weighted by Gasteiger charge is -2.21. The molecule has 3 nitrogen and oxygen atoms in total. The van der Waals surface area contributed by atoms with Crippen molar-refractivity contribution in [2.24, 2.45) is 5.73 Å². The summed E-state index contributed by atoms with van der Waals surface area (Å²) >= 11 is 0. The summed E-state index contributed by atoms with van der Waals surface area (Å²) in [6.45, 7) is 2.84. The predicted octanol–water partition coefficient (Wildman–Crippen LogP) is 1.67. The summed E-state index contributed by atoms with van der Waals surface area (Å²) in [6.07, 6.45) is 0.0842. The molecule has 0 bridgehead atoms. The molecule has 2 unspecified atom stereocenters. The van der Waals surface area contributed by atoms with Gasteiger partial charge in [0.25, 0.3) is 0 Å². The summed E-state index contributed by atoms with van der Waals surface area (Å²) in [6, 6.07) is 3.48. The zero-order valence-corrected chi connectivity index (χ0v) is 10.7. The number of nitrogens with zero attached hydrogens (tertiary/aromatic N) is 1. The van der Waals surface area contributed by atoms with Crippen LogP contribution in [0.5, 0.6) is 0 Å². The number of halogens is 2. The van der Waals surface area contributed by atoms with Gasteiger partial charge >= 0.3 is 0 Å². The zero-order chi connectivity index (χ0) is 13.7. The first-order valence-electron chi connectivity index (χ1n) is 5.98. The first kappa shape index (κ1) is 15.0. The predicted molar refractivity (Wildman–Crippen MR) is 67.1 cm³/mol. The van der Waals surface area contributed by atoms with Gasteiger partial charge in [-0.05, 0) is 33.0 Å². The van der Waals surface area contributed by atoms with Gasteiger partial charge in [-0.2, -0.15) is 0 Å². The maximum Gasteiger partial charge on any atom is 0.163 e. The highest BCUT2D eigenvalue weighted by Gasteiger charge is 2.15. The maximum absolute atomic E-state index is 13.5. The molecule has 0 aromatic heterocycles. The van der Waals surface area contributed by atoms with Gasteiger partial charge in [-0.15, -0.1) is 0 Å². The van der Waals surface area contributed by atoms with Crippen LogP contribution in [-0.4, -0.2) is 36.2 Å². The smallest absolute Gasteiger partial charge is 0.163 e. The third-order valence-corrected chi connectivity index (χ3v) is 2.78. The number of hydrogen-bond acceptors (Lipinski definition) is 3. The summed E-state index contributed by atoms with van der Waals surface area (Å²) in [4.78, 5) is 1.90. The summed E-state index contributed by atoms with van der Waals surface area (Å²) in [5.41, 5.74) is 6.04. The number of rotatable bonds is 6. The minimum atomic E-state index is -0.875. The van der Waals surface area contributed by atoms with E-state index in [0.717, 1.165) is 6.07 Å². The number of nitrogens with two attached hydrogens (primary N) is 1. The molecule has 102 valence electrons. The van der Waals surface area contributed by atoms with Gasteiger partial charge in [0.15, 0.2) is 11.6 Å². The van der Waals surface area contributed by atoms with Crippen LogP contribution in [-0.2, 0) is 0 Å². The Bertz CT molecular complexity index is 385. The Morgan fingerprint density at radius 2 is 2.06 bits per heavy atom. The molecule has 0 aliphatic rings. The number of benzene rings is 1. The lowest BCUT2D eigenvalue weighted by Crippen LogP contribution is -2.30. The second-order valence-electron chi connectivity index (χ2n) is 4.65. The third-order valence-electron chi connectivity index (χ3n) is 2.78. The Kier molecular flexibility index (Phi) is 5.65. The molecule has 5 heteroatoms. The molecule has 3 N–H and O–H groups in total. The average molecular weight is 258 g/mol. The molecular formula is C13H20F2N2O. The van der Waals surface area contributed by atoms with Crippen LogP contribution in [0.2, 0.25) is 0 Å². The normalized spacial score (nSPS) is 14.8. The molecule has 1 rings (SSSR count). The van der Waals surface area contributed by atoms with Crippen LogP contribution >= 0.6 is 0 Å². The van der Waals surface area contributed by atoms with E-state index in [9.17, 15) is 13.9 Å². The summed E-state index contributed by atoms with van der Waals surface area (Å²) in [5, 5.41) is 9.20. The van der Waals surface area contributed by atoms with Gasteiger partial charge in [0.05, 0.1) is 6.10 Å². The van der Waals surface area contributed by atoms with Crippen LogP contribution in [0, 0.1) is 11.6 Å². The van der Waals surface area contributed by atoms with E-state index < -0.39 is 23.8 Å². The molecule has 0 aliphatic heterocycles. The Labute approximate surface area is 106 Å². The second-order valence-corrected chi connectivity index (χ2v) is 4.65. The van der Waals surface area contributed by atoms with E-state index in [-0.39, 0.29) is 5.56 Å². The molecule has 0 radical (unpaired) electrons. The van der Waals surface area contributed by atoms with Gasteiger partial charge in [0.2, 0.25) is 0 Å². The Morgan fingerprint density at radius 1 is 1.39 bits per heavy atom. The monoisotopic (exact) mass is 258 g/mol. The fraction of sp³-hybridized carbons (Fsp3) is 0.538. The van der Waals surface area contributed by atoms with E-state index in [1.807, 2.05) is 11.9 Å². The zero-order valence-electron chi connectivity index (χ0n) is 10.7. The van der Waals surface area contributed by atoms with Gasteiger partial charge < -0.3 is 15.7 Å². The Morgan fingerprint density at radius 3 is 2.67 bits per heavy atom. The number of aliphatic hydroxyl groups excluding tert-OH is 1. The maximum atomic E-state index is 13.5. The molecule has 1 aromatic carbocycles. The molecule has 0 fully saturated rings. The highest BCUT2D eigenvalue weighted by atomic mass is 19.2. The minimum absolute atomic E-state index is 0.195. The second kappa shape index (κ2) is 6.78. The SMILES string of the molecule is CC(O)CN(C)CCC(N)c1cccc(F)c1F. The third kappa shape index (κ3) is 4.33. The fourth-order valence-corrected chi connectivity index (χ4v) is 1.86. The topological polar surface area (TPSA) is 49.5 Å². The van der Waals surface area contributed by atoms with Crippen LogP contribution in [0.1, 0.15) is 24.9 Å². The van der Waals surface area contributed by atoms with E-state index in [2.05, 4.69) is 0 Å². The number of likely N-dealkylation sites (N-methyl/N-ethyl adjacent to an activating group) is 1. The Balaban J connectivity index is 2.55. The van der Waals surface area contributed by atoms with Gasteiger partial charge in [0.1, 0.15) is 0 Å². The fourth-order valence-electron chi connectivity index (χ4n) is 1.86. The van der Waals surface area contributed by atoms with Crippen molar-refractivity contribution >= 4 is 0 Å². The molecule has 1 aromatic rings. The van der Waals surface area contributed by atoms with Crippen molar-refractivity contribution in [2.75, 3.05) is 20.1 Å². The molecule has 0 spiro atoms. The van der Waals surface area contributed by atoms with E-state index in [0.29, 0.717) is 19.5 Å². The number of hydrogen-bond donors (Lipinski definition) is 2. The largest absolute Gasteiger partial charge is 0.392 e. The van der Waals surface area contributed by atoms with E-state index in [1.54, 1.807) is 6.92 Å². The van der Waals surface area contributed by atoms with Crippen molar-refractivity contribution in [1.29, 1.82) is 0 Å². The van der Waals surface area contributed by atoms with Gasteiger partial charge in [0, 0.05) is 18.2 Å². The molecule has 18 heavy (non-hydrogen) atoms. The molecule has 2 atom stereocenters. The standard InChI is InChI=1S/C13H20F2N2O/c1-9(18)8-17(2)7-6-12(16)10-4-3-5-11(14)13(10)15/h3-5,9,12,18H,6-8,16H2,1-2H3. The molecule has 0 amide bonds. The minimum Gasteiger partial charge on any atom is -0.392 e. The van der Waals surface area contributed by atoms with Crippen LogP contribution in [0.4, 0.5) is 8.78 Å².